The predicted octanol–water partition coefficient (Wildman–Crippen LogP) is 1.77. The van der Waals surface area contributed by atoms with E-state index in [9.17, 15) is 14.0 Å². The molecule has 0 fully saturated rings. The third-order valence-electron chi connectivity index (χ3n) is 2.94. The fourth-order valence-corrected chi connectivity index (χ4v) is 1.97. The molecule has 0 unspecified atom stereocenters. The van der Waals surface area contributed by atoms with Crippen LogP contribution in [0.5, 0.6) is 0 Å². The number of carbonyl (C=O) groups excluding carboxylic acids is 2. The summed E-state index contributed by atoms with van der Waals surface area (Å²) in [5, 5.41) is 10.0. The average molecular weight is 339 g/mol. The maximum absolute atomic E-state index is 13.8. The van der Waals surface area contributed by atoms with Crippen molar-refractivity contribution < 1.29 is 18.7 Å². The van der Waals surface area contributed by atoms with Crippen LogP contribution < -0.4 is 11.1 Å². The first-order valence-electron chi connectivity index (χ1n) is 6.36. The van der Waals surface area contributed by atoms with Gasteiger partial charge in [-0.2, -0.15) is 0 Å². The molecule has 1 heterocycles. The second-order valence-corrected chi connectivity index (χ2v) is 4.83. The molecule has 0 spiro atoms. The molecule has 2 rings (SSSR count). The number of ether oxygens (including phenoxy) is 1. The molecular formula is C14H12ClFN4O3. The van der Waals surface area contributed by atoms with Gasteiger partial charge in [-0.05, 0) is 24.3 Å². The van der Waals surface area contributed by atoms with Gasteiger partial charge >= 0.3 is 5.97 Å². The zero-order chi connectivity index (χ0) is 17.0. The summed E-state index contributed by atoms with van der Waals surface area (Å²) in [6.07, 6.45) is 0. The fourth-order valence-electron chi connectivity index (χ4n) is 1.82. The zero-order valence-electron chi connectivity index (χ0n) is 12.0. The number of nitrogens with zero attached hydrogens (tertiary/aromatic N) is 2. The monoisotopic (exact) mass is 338 g/mol. The Kier molecular flexibility index (Phi) is 5.07. The molecule has 9 heteroatoms. The van der Waals surface area contributed by atoms with E-state index < -0.39 is 17.7 Å². The second-order valence-electron chi connectivity index (χ2n) is 4.44. The minimum Gasteiger partial charge on any atom is -0.465 e. The van der Waals surface area contributed by atoms with Crippen molar-refractivity contribution in [3.8, 4) is 0 Å². The summed E-state index contributed by atoms with van der Waals surface area (Å²) >= 11 is 5.65. The number of amides is 1. The van der Waals surface area contributed by atoms with Gasteiger partial charge in [0, 0.05) is 12.1 Å². The number of esters is 1. The Morgan fingerprint density at radius 1 is 1.35 bits per heavy atom. The summed E-state index contributed by atoms with van der Waals surface area (Å²) in [5.41, 5.74) is 5.62. The Morgan fingerprint density at radius 3 is 2.74 bits per heavy atom. The van der Waals surface area contributed by atoms with E-state index >= 15 is 0 Å². The molecular weight excluding hydrogens is 327 g/mol. The van der Waals surface area contributed by atoms with Crippen molar-refractivity contribution in [3.05, 3.63) is 51.9 Å². The van der Waals surface area contributed by atoms with Crippen LogP contribution in [0.3, 0.4) is 0 Å². The highest BCUT2D eigenvalue weighted by Crippen LogP contribution is 2.17. The molecule has 1 aromatic heterocycles. The van der Waals surface area contributed by atoms with Gasteiger partial charge in [0.15, 0.2) is 11.0 Å². The number of hydrogen-bond acceptors (Lipinski definition) is 6. The number of rotatable bonds is 5. The molecule has 0 aliphatic rings. The summed E-state index contributed by atoms with van der Waals surface area (Å²) < 4.78 is 18.4. The van der Waals surface area contributed by atoms with Crippen molar-refractivity contribution in [1.82, 2.24) is 10.2 Å². The van der Waals surface area contributed by atoms with E-state index in [1.165, 1.54) is 25.3 Å². The molecule has 23 heavy (non-hydrogen) atoms. The number of anilines is 1. The minimum atomic E-state index is -0.756. The van der Waals surface area contributed by atoms with Crippen molar-refractivity contribution >= 4 is 29.3 Å². The molecule has 3 N–H and O–H groups in total. The Morgan fingerprint density at radius 2 is 2.09 bits per heavy atom. The highest BCUT2D eigenvalue weighted by molar-refractivity contribution is 6.29. The summed E-state index contributed by atoms with van der Waals surface area (Å²) in [6.45, 7) is -0.0484. The van der Waals surface area contributed by atoms with Crippen LogP contribution in [0.25, 0.3) is 0 Å². The van der Waals surface area contributed by atoms with Crippen LogP contribution in [0.1, 0.15) is 26.3 Å². The molecule has 0 bridgehead atoms. The van der Waals surface area contributed by atoms with E-state index in [1.54, 1.807) is 0 Å². The number of nitrogens with two attached hydrogens (primary N) is 1. The third-order valence-corrected chi connectivity index (χ3v) is 3.13. The van der Waals surface area contributed by atoms with Crippen molar-refractivity contribution in [1.29, 1.82) is 0 Å². The molecule has 1 aromatic carbocycles. The molecule has 7 nitrogen and oxygen atoms in total. The van der Waals surface area contributed by atoms with Crippen molar-refractivity contribution in [2.45, 2.75) is 6.54 Å². The maximum Gasteiger partial charge on any atom is 0.337 e. The van der Waals surface area contributed by atoms with Crippen LogP contribution in [0, 0.1) is 5.82 Å². The lowest BCUT2D eigenvalue weighted by atomic mass is 10.1. The highest BCUT2D eigenvalue weighted by atomic mass is 35.5. The van der Waals surface area contributed by atoms with E-state index in [1.807, 2.05) is 0 Å². The molecule has 1 amide bonds. The van der Waals surface area contributed by atoms with Gasteiger partial charge in [-0.25, -0.2) is 9.18 Å². The summed E-state index contributed by atoms with van der Waals surface area (Å²) in [4.78, 5) is 22.8. The van der Waals surface area contributed by atoms with Gasteiger partial charge in [0.1, 0.15) is 5.82 Å². The smallest absolute Gasteiger partial charge is 0.337 e. The highest BCUT2D eigenvalue weighted by Gasteiger charge is 2.14. The molecule has 0 saturated carbocycles. The Bertz CT molecular complexity index is 770. The summed E-state index contributed by atoms with van der Waals surface area (Å²) in [6, 6.07) is 5.04. The number of benzene rings is 1. The molecule has 0 aliphatic carbocycles. The number of aromatic nitrogens is 2. The van der Waals surface area contributed by atoms with Crippen LogP contribution in [0.15, 0.2) is 24.3 Å². The fraction of sp³-hybridized carbons (Fsp3) is 0.143. The van der Waals surface area contributed by atoms with E-state index in [0.29, 0.717) is 0 Å². The van der Waals surface area contributed by atoms with E-state index in [4.69, 9.17) is 17.3 Å². The number of carbonyl (C=O) groups is 2. The van der Waals surface area contributed by atoms with Crippen LogP contribution in [0.4, 0.5) is 10.2 Å². The number of methoxy groups -OCH3 is 1. The molecule has 0 atom stereocenters. The standard InChI is InChI=1S/C14H12ClFN4O3/c1-23-14(22)7-2-3-10(16)8(4-7)6-18-13-9(12(17)21)5-11(15)19-20-13/h2-5H,6H2,1H3,(H2,17,21)(H,18,20). The van der Waals surface area contributed by atoms with E-state index in [2.05, 4.69) is 20.3 Å². The lowest BCUT2D eigenvalue weighted by Crippen LogP contribution is -2.16. The third kappa shape index (κ3) is 3.92. The lowest BCUT2D eigenvalue weighted by Gasteiger charge is -2.10. The predicted molar refractivity (Wildman–Crippen MR) is 80.6 cm³/mol. The molecule has 0 aliphatic heterocycles. The van der Waals surface area contributed by atoms with Crippen molar-refractivity contribution in [2.24, 2.45) is 5.73 Å². The number of nitrogens with one attached hydrogen (secondary N) is 1. The van der Waals surface area contributed by atoms with Gasteiger partial charge in [0.2, 0.25) is 0 Å². The number of hydrogen-bond donors (Lipinski definition) is 2. The normalized spacial score (nSPS) is 10.2. The zero-order valence-corrected chi connectivity index (χ0v) is 12.7. The first-order chi connectivity index (χ1) is 10.9. The van der Waals surface area contributed by atoms with Gasteiger partial charge in [-0.1, -0.05) is 11.6 Å². The molecule has 0 radical (unpaired) electrons. The van der Waals surface area contributed by atoms with Crippen LogP contribution in [-0.2, 0) is 11.3 Å². The maximum atomic E-state index is 13.8. The van der Waals surface area contributed by atoms with E-state index in [0.717, 1.165) is 6.07 Å². The van der Waals surface area contributed by atoms with Crippen LogP contribution in [-0.4, -0.2) is 29.2 Å². The summed E-state index contributed by atoms with van der Waals surface area (Å²) in [5.74, 6) is -1.82. The SMILES string of the molecule is COC(=O)c1ccc(F)c(CNc2nnc(Cl)cc2C(N)=O)c1. The van der Waals surface area contributed by atoms with Gasteiger partial charge in [0.25, 0.3) is 5.91 Å². The minimum absolute atomic E-state index is 0.00298. The van der Waals surface area contributed by atoms with Gasteiger partial charge < -0.3 is 15.8 Å². The molecule has 120 valence electrons. The first kappa shape index (κ1) is 16.6. The Balaban J connectivity index is 2.24. The second kappa shape index (κ2) is 7.01. The van der Waals surface area contributed by atoms with Crippen LogP contribution in [0.2, 0.25) is 5.15 Å². The molecule has 2 aromatic rings. The lowest BCUT2D eigenvalue weighted by molar-refractivity contribution is 0.0600. The Hall–Kier alpha value is -2.74. The largest absolute Gasteiger partial charge is 0.465 e. The number of halogens is 2. The van der Waals surface area contributed by atoms with Gasteiger partial charge in [-0.15, -0.1) is 10.2 Å². The average Bonchev–Trinajstić information content (AvgIpc) is 2.54. The van der Waals surface area contributed by atoms with Gasteiger partial charge in [0.05, 0.1) is 18.2 Å². The van der Waals surface area contributed by atoms with Gasteiger partial charge in [-0.3, -0.25) is 4.79 Å². The number of primary amides is 1. The topological polar surface area (TPSA) is 107 Å². The van der Waals surface area contributed by atoms with Crippen LogP contribution >= 0.6 is 11.6 Å². The van der Waals surface area contributed by atoms with Crippen molar-refractivity contribution in [3.63, 3.8) is 0 Å². The quantitative estimate of drug-likeness (QED) is 0.804. The van der Waals surface area contributed by atoms with E-state index in [-0.39, 0.29) is 34.2 Å². The van der Waals surface area contributed by atoms with Crippen molar-refractivity contribution in [2.75, 3.05) is 12.4 Å². The molecule has 0 saturated heterocycles. The first-order valence-corrected chi connectivity index (χ1v) is 6.73. The Labute approximate surface area is 135 Å². The summed E-state index contributed by atoms with van der Waals surface area (Å²) in [7, 11) is 1.23.